The molecule has 144 valence electrons. The maximum Gasteiger partial charge on any atom is 0.387 e. The fourth-order valence-corrected chi connectivity index (χ4v) is 3.33. The van der Waals surface area contributed by atoms with Crippen LogP contribution in [0.5, 0.6) is 5.75 Å². The lowest BCUT2D eigenvalue weighted by molar-refractivity contribution is -0.139. The Kier molecular flexibility index (Phi) is 8.14. The summed E-state index contributed by atoms with van der Waals surface area (Å²) in [6.07, 6.45) is 2.52. The first kappa shape index (κ1) is 20.8. The highest BCUT2D eigenvalue weighted by Crippen LogP contribution is 2.26. The molecule has 0 spiro atoms. The normalized spacial score (nSPS) is 11.0. The van der Waals surface area contributed by atoms with E-state index in [2.05, 4.69) is 20.3 Å². The van der Waals surface area contributed by atoms with Gasteiger partial charge in [0.1, 0.15) is 5.75 Å². The van der Waals surface area contributed by atoms with Gasteiger partial charge in [-0.1, -0.05) is 41.3 Å². The number of aromatic nitrogens is 2. The Labute approximate surface area is 161 Å². The standard InChI is InChI=1S/C16H15F2N3O4S2/c1-2-24-13(23)9-26-16-21-20-15(27-16)19-12(22)8-7-10-5-3-4-6-11(10)25-14(17)18/h3-8,14H,2,9H2,1H3,(H,19,20,22)/b8-7+. The number of ether oxygens (including phenoxy) is 2. The number of thioether (sulfide) groups is 1. The summed E-state index contributed by atoms with van der Waals surface area (Å²) in [5.74, 6) is -0.821. The number of para-hydroxylation sites is 1. The summed E-state index contributed by atoms with van der Waals surface area (Å²) < 4.78 is 34.4. The third kappa shape index (κ3) is 7.31. The molecule has 1 heterocycles. The van der Waals surface area contributed by atoms with Crippen LogP contribution in [0.4, 0.5) is 13.9 Å². The van der Waals surface area contributed by atoms with Crippen molar-refractivity contribution in [3.63, 3.8) is 0 Å². The molecule has 2 rings (SSSR count). The fourth-order valence-electron chi connectivity index (χ4n) is 1.78. The van der Waals surface area contributed by atoms with Gasteiger partial charge in [-0.05, 0) is 19.1 Å². The number of carbonyl (C=O) groups is 2. The number of hydrogen-bond acceptors (Lipinski definition) is 8. The summed E-state index contributed by atoms with van der Waals surface area (Å²) in [5.41, 5.74) is 0.330. The van der Waals surface area contributed by atoms with Crippen molar-refractivity contribution >= 4 is 46.2 Å². The molecule has 0 radical (unpaired) electrons. The number of halogens is 2. The van der Waals surface area contributed by atoms with Crippen molar-refractivity contribution < 1.29 is 27.8 Å². The second kappa shape index (κ2) is 10.6. The molecule has 0 fully saturated rings. The number of carbonyl (C=O) groups excluding carboxylic acids is 2. The Bertz CT molecular complexity index is 814. The van der Waals surface area contributed by atoms with Crippen LogP contribution in [0.3, 0.4) is 0 Å². The van der Waals surface area contributed by atoms with Crippen molar-refractivity contribution in [2.45, 2.75) is 17.9 Å². The maximum absolute atomic E-state index is 12.4. The number of anilines is 1. The molecule has 0 atom stereocenters. The average Bonchev–Trinajstić information content (AvgIpc) is 3.06. The molecule has 0 aliphatic carbocycles. The van der Waals surface area contributed by atoms with Crippen molar-refractivity contribution in [1.29, 1.82) is 0 Å². The second-order valence-electron chi connectivity index (χ2n) is 4.71. The molecular formula is C16H15F2N3O4S2. The summed E-state index contributed by atoms with van der Waals surface area (Å²) in [4.78, 5) is 23.2. The highest BCUT2D eigenvalue weighted by atomic mass is 32.2. The van der Waals surface area contributed by atoms with Gasteiger partial charge in [0.05, 0.1) is 12.4 Å². The van der Waals surface area contributed by atoms with Crippen LogP contribution >= 0.6 is 23.1 Å². The molecular weight excluding hydrogens is 400 g/mol. The molecule has 11 heteroatoms. The van der Waals surface area contributed by atoms with E-state index in [1.54, 1.807) is 19.1 Å². The van der Waals surface area contributed by atoms with Gasteiger partial charge >= 0.3 is 12.6 Å². The molecule has 0 bridgehead atoms. The first-order valence-corrected chi connectivity index (χ1v) is 9.43. The molecule has 0 aliphatic heterocycles. The van der Waals surface area contributed by atoms with Gasteiger partial charge in [0, 0.05) is 11.6 Å². The van der Waals surface area contributed by atoms with Crippen LogP contribution < -0.4 is 10.1 Å². The molecule has 0 unspecified atom stereocenters. The van der Waals surface area contributed by atoms with Crippen LogP contribution in [0.25, 0.3) is 6.08 Å². The van der Waals surface area contributed by atoms with Gasteiger partial charge in [-0.25, -0.2) is 0 Å². The lowest BCUT2D eigenvalue weighted by atomic mass is 10.2. The van der Waals surface area contributed by atoms with Crippen molar-refractivity contribution in [3.8, 4) is 5.75 Å². The predicted octanol–water partition coefficient (Wildman–Crippen LogP) is 3.45. The first-order valence-electron chi connectivity index (χ1n) is 7.62. The van der Waals surface area contributed by atoms with Crippen LogP contribution in [0.15, 0.2) is 34.7 Å². The van der Waals surface area contributed by atoms with Gasteiger partial charge in [0.2, 0.25) is 11.0 Å². The van der Waals surface area contributed by atoms with Gasteiger partial charge in [0.25, 0.3) is 0 Å². The van der Waals surface area contributed by atoms with Gasteiger partial charge in [0.15, 0.2) is 4.34 Å². The summed E-state index contributed by atoms with van der Waals surface area (Å²) in [7, 11) is 0. The number of nitrogens with one attached hydrogen (secondary N) is 1. The summed E-state index contributed by atoms with van der Waals surface area (Å²) >= 11 is 2.25. The molecule has 1 aromatic heterocycles. The van der Waals surface area contributed by atoms with Gasteiger partial charge < -0.3 is 9.47 Å². The van der Waals surface area contributed by atoms with Crippen molar-refractivity contribution in [3.05, 3.63) is 35.9 Å². The van der Waals surface area contributed by atoms with Crippen molar-refractivity contribution in [2.75, 3.05) is 17.7 Å². The number of amides is 1. The Hall–Kier alpha value is -2.53. The molecule has 1 aromatic carbocycles. The molecule has 27 heavy (non-hydrogen) atoms. The SMILES string of the molecule is CCOC(=O)CSc1nnc(NC(=O)/C=C/c2ccccc2OC(F)F)s1. The molecule has 1 N–H and O–H groups in total. The third-order valence-electron chi connectivity index (χ3n) is 2.80. The Morgan fingerprint density at radius 1 is 1.33 bits per heavy atom. The number of nitrogens with zero attached hydrogens (tertiary/aromatic N) is 2. The predicted molar refractivity (Wildman–Crippen MR) is 98.0 cm³/mol. The van der Waals surface area contributed by atoms with Gasteiger partial charge in [-0.3, -0.25) is 14.9 Å². The van der Waals surface area contributed by atoms with E-state index in [1.165, 1.54) is 24.3 Å². The van der Waals surface area contributed by atoms with Gasteiger partial charge in [-0.2, -0.15) is 8.78 Å². The van der Waals surface area contributed by atoms with E-state index < -0.39 is 12.5 Å². The van der Waals surface area contributed by atoms with E-state index in [0.717, 1.165) is 23.1 Å². The molecule has 0 aliphatic rings. The minimum absolute atomic E-state index is 0.0369. The highest BCUT2D eigenvalue weighted by Gasteiger charge is 2.11. The van der Waals surface area contributed by atoms with Crippen LogP contribution in [0.2, 0.25) is 0 Å². The zero-order valence-electron chi connectivity index (χ0n) is 14.1. The quantitative estimate of drug-likeness (QED) is 0.290. The van der Waals surface area contributed by atoms with E-state index in [1.807, 2.05) is 0 Å². The number of hydrogen-bond donors (Lipinski definition) is 1. The molecule has 7 nitrogen and oxygen atoms in total. The lowest BCUT2D eigenvalue weighted by Gasteiger charge is -2.07. The van der Waals surface area contributed by atoms with Crippen LogP contribution in [-0.4, -0.2) is 41.0 Å². The Balaban J connectivity index is 1.91. The van der Waals surface area contributed by atoms with E-state index in [0.29, 0.717) is 16.5 Å². The molecule has 1 amide bonds. The summed E-state index contributed by atoms with van der Waals surface area (Å²) in [5, 5.41) is 10.4. The smallest absolute Gasteiger partial charge is 0.387 e. The number of benzene rings is 1. The molecule has 0 saturated carbocycles. The van der Waals surface area contributed by atoms with E-state index in [9.17, 15) is 18.4 Å². The third-order valence-corrected chi connectivity index (χ3v) is 4.75. The van der Waals surface area contributed by atoms with E-state index in [-0.39, 0.29) is 22.6 Å². The summed E-state index contributed by atoms with van der Waals surface area (Å²) in [6, 6.07) is 6.09. The lowest BCUT2D eigenvalue weighted by Crippen LogP contribution is -2.07. The number of esters is 1. The van der Waals surface area contributed by atoms with Crippen LogP contribution in [-0.2, 0) is 14.3 Å². The topological polar surface area (TPSA) is 90.4 Å². The van der Waals surface area contributed by atoms with Gasteiger partial charge in [-0.15, -0.1) is 10.2 Å². The number of alkyl halides is 2. The van der Waals surface area contributed by atoms with Crippen molar-refractivity contribution in [1.82, 2.24) is 10.2 Å². The monoisotopic (exact) mass is 415 g/mol. The molecule has 2 aromatic rings. The Morgan fingerprint density at radius 3 is 2.85 bits per heavy atom. The molecule has 0 saturated heterocycles. The second-order valence-corrected chi connectivity index (χ2v) is 6.91. The zero-order chi connectivity index (χ0) is 19.6. The fraction of sp³-hybridized carbons (Fsp3) is 0.250. The first-order chi connectivity index (χ1) is 13.0. The van der Waals surface area contributed by atoms with Crippen molar-refractivity contribution in [2.24, 2.45) is 0 Å². The largest absolute Gasteiger partial charge is 0.465 e. The minimum Gasteiger partial charge on any atom is -0.465 e. The summed E-state index contributed by atoms with van der Waals surface area (Å²) in [6.45, 7) is -0.943. The minimum atomic E-state index is -2.96. The van der Waals surface area contributed by atoms with E-state index >= 15 is 0 Å². The highest BCUT2D eigenvalue weighted by molar-refractivity contribution is 8.01. The van der Waals surface area contributed by atoms with E-state index in [4.69, 9.17) is 4.74 Å². The van der Waals surface area contributed by atoms with Crippen LogP contribution in [0, 0.1) is 0 Å². The number of rotatable bonds is 9. The zero-order valence-corrected chi connectivity index (χ0v) is 15.7. The van der Waals surface area contributed by atoms with Crippen LogP contribution in [0.1, 0.15) is 12.5 Å². The average molecular weight is 415 g/mol. The Morgan fingerprint density at radius 2 is 2.11 bits per heavy atom. The maximum atomic E-state index is 12.4.